The van der Waals surface area contributed by atoms with Crippen LogP contribution >= 0.6 is 0 Å². The second-order valence-electron chi connectivity index (χ2n) is 4.83. The molecule has 3 nitrogen and oxygen atoms in total. The minimum absolute atomic E-state index is 0.0347. The summed E-state index contributed by atoms with van der Waals surface area (Å²) in [6.45, 7) is 2.09. The van der Waals surface area contributed by atoms with Gasteiger partial charge in [-0.25, -0.2) is 0 Å². The molecular weight excluding hydrogens is 276 g/mol. The van der Waals surface area contributed by atoms with Crippen LogP contribution in [0.5, 0.6) is 11.5 Å². The van der Waals surface area contributed by atoms with Crippen LogP contribution in [0.25, 0.3) is 6.08 Å². The van der Waals surface area contributed by atoms with Gasteiger partial charge in [-0.3, -0.25) is 4.79 Å². The number of ketones is 1. The van der Waals surface area contributed by atoms with Gasteiger partial charge in [0.15, 0.2) is 17.3 Å². The van der Waals surface area contributed by atoms with Crippen LogP contribution < -0.4 is 9.47 Å². The number of carbonyl (C=O) groups excluding carboxylic acids is 1. The molecule has 0 saturated heterocycles. The van der Waals surface area contributed by atoms with E-state index >= 15 is 0 Å². The van der Waals surface area contributed by atoms with Crippen molar-refractivity contribution in [2.24, 2.45) is 0 Å². The molecule has 3 heteroatoms. The van der Waals surface area contributed by atoms with E-state index in [0.717, 1.165) is 12.0 Å². The van der Waals surface area contributed by atoms with Crippen molar-refractivity contribution in [3.8, 4) is 11.5 Å². The molecule has 0 atom stereocenters. The maximum atomic E-state index is 12.2. The molecule has 0 saturated carbocycles. The number of hydrogen-bond acceptors (Lipinski definition) is 3. The Hall–Kier alpha value is -2.55. The van der Waals surface area contributed by atoms with Crippen molar-refractivity contribution in [1.82, 2.24) is 0 Å². The third-order valence-corrected chi connectivity index (χ3v) is 3.49. The number of rotatable bonds is 6. The molecule has 0 fully saturated rings. The second kappa shape index (κ2) is 7.46. The molecule has 0 unspecified atom stereocenters. The van der Waals surface area contributed by atoms with Gasteiger partial charge in [-0.05, 0) is 30.2 Å². The highest BCUT2D eigenvalue weighted by atomic mass is 16.5. The van der Waals surface area contributed by atoms with Gasteiger partial charge in [0.25, 0.3) is 0 Å². The third kappa shape index (κ3) is 3.55. The lowest BCUT2D eigenvalue weighted by atomic mass is 10.1. The first kappa shape index (κ1) is 15.8. The molecule has 0 N–H and O–H groups in total. The second-order valence-corrected chi connectivity index (χ2v) is 4.83. The Labute approximate surface area is 131 Å². The van der Waals surface area contributed by atoms with Crippen molar-refractivity contribution >= 4 is 11.9 Å². The number of aryl methyl sites for hydroxylation is 1. The molecule has 0 radical (unpaired) electrons. The fourth-order valence-corrected chi connectivity index (χ4v) is 2.21. The highest BCUT2D eigenvalue weighted by Gasteiger charge is 2.08. The number of hydrogen-bond donors (Lipinski definition) is 0. The summed E-state index contributed by atoms with van der Waals surface area (Å²) < 4.78 is 10.6. The number of methoxy groups -OCH3 is 2. The summed E-state index contributed by atoms with van der Waals surface area (Å²) >= 11 is 0. The monoisotopic (exact) mass is 296 g/mol. The van der Waals surface area contributed by atoms with Crippen molar-refractivity contribution in [3.05, 3.63) is 65.2 Å². The largest absolute Gasteiger partial charge is 0.493 e. The van der Waals surface area contributed by atoms with E-state index in [1.165, 1.54) is 5.56 Å². The van der Waals surface area contributed by atoms with Gasteiger partial charge in [0, 0.05) is 11.1 Å². The molecule has 0 spiro atoms. The first-order chi connectivity index (χ1) is 10.7. The van der Waals surface area contributed by atoms with Crippen LogP contribution in [0.3, 0.4) is 0 Å². The van der Waals surface area contributed by atoms with E-state index in [1.54, 1.807) is 26.4 Å². The minimum Gasteiger partial charge on any atom is -0.493 e. The van der Waals surface area contributed by atoms with E-state index in [-0.39, 0.29) is 5.78 Å². The average Bonchev–Trinajstić information content (AvgIpc) is 2.59. The molecule has 114 valence electrons. The minimum atomic E-state index is -0.0347. The first-order valence-electron chi connectivity index (χ1n) is 7.22. The molecular formula is C19H20O3. The predicted octanol–water partition coefficient (Wildman–Crippen LogP) is 4.16. The Balaban J connectivity index is 2.22. The average molecular weight is 296 g/mol. The number of allylic oxidation sites excluding steroid dienone is 1. The fourth-order valence-electron chi connectivity index (χ4n) is 2.21. The molecule has 0 bridgehead atoms. The molecule has 0 aliphatic rings. The van der Waals surface area contributed by atoms with Gasteiger partial charge in [-0.1, -0.05) is 43.3 Å². The summed E-state index contributed by atoms with van der Waals surface area (Å²) in [5.74, 6) is 1.23. The molecule has 2 aromatic carbocycles. The van der Waals surface area contributed by atoms with Crippen molar-refractivity contribution in [2.75, 3.05) is 14.2 Å². The van der Waals surface area contributed by atoms with E-state index in [0.29, 0.717) is 17.1 Å². The van der Waals surface area contributed by atoms with Crippen LogP contribution in [0.4, 0.5) is 0 Å². The van der Waals surface area contributed by atoms with E-state index in [1.807, 2.05) is 42.5 Å². The van der Waals surface area contributed by atoms with E-state index in [2.05, 4.69) is 6.92 Å². The van der Waals surface area contributed by atoms with Crippen molar-refractivity contribution in [2.45, 2.75) is 13.3 Å². The highest BCUT2D eigenvalue weighted by molar-refractivity contribution is 6.07. The Bertz CT molecular complexity index is 670. The van der Waals surface area contributed by atoms with Gasteiger partial charge in [0.1, 0.15) is 0 Å². The molecule has 0 aromatic heterocycles. The van der Waals surface area contributed by atoms with Gasteiger partial charge in [0.2, 0.25) is 0 Å². The van der Waals surface area contributed by atoms with Crippen LogP contribution in [0.15, 0.2) is 48.5 Å². The van der Waals surface area contributed by atoms with E-state index < -0.39 is 0 Å². The van der Waals surface area contributed by atoms with Crippen molar-refractivity contribution < 1.29 is 14.3 Å². The lowest BCUT2D eigenvalue weighted by Crippen LogP contribution is -1.96. The van der Waals surface area contributed by atoms with Crippen molar-refractivity contribution in [3.63, 3.8) is 0 Å². The fraction of sp³-hybridized carbons (Fsp3) is 0.211. The van der Waals surface area contributed by atoms with Crippen LogP contribution in [-0.4, -0.2) is 20.0 Å². The summed E-state index contributed by atoms with van der Waals surface area (Å²) in [5.41, 5.74) is 2.70. The molecule has 0 aliphatic carbocycles. The molecule has 2 rings (SSSR count). The SMILES string of the molecule is CCc1ccc(C(=O)C=Cc2cccc(OC)c2OC)cc1. The first-order valence-corrected chi connectivity index (χ1v) is 7.22. The topological polar surface area (TPSA) is 35.5 Å². The molecule has 0 amide bonds. The predicted molar refractivity (Wildman–Crippen MR) is 88.7 cm³/mol. The molecule has 22 heavy (non-hydrogen) atoms. The van der Waals surface area contributed by atoms with E-state index in [9.17, 15) is 4.79 Å². The van der Waals surface area contributed by atoms with Gasteiger partial charge in [0.05, 0.1) is 14.2 Å². The quantitative estimate of drug-likeness (QED) is 0.593. The normalized spacial score (nSPS) is 10.7. The Morgan fingerprint density at radius 3 is 2.36 bits per heavy atom. The molecule has 2 aromatic rings. The number of para-hydroxylation sites is 1. The third-order valence-electron chi connectivity index (χ3n) is 3.49. The van der Waals surface area contributed by atoms with Crippen molar-refractivity contribution in [1.29, 1.82) is 0 Å². The smallest absolute Gasteiger partial charge is 0.185 e. The summed E-state index contributed by atoms with van der Waals surface area (Å²) in [5, 5.41) is 0. The highest BCUT2D eigenvalue weighted by Crippen LogP contribution is 2.31. The van der Waals surface area contributed by atoms with Gasteiger partial charge >= 0.3 is 0 Å². The van der Waals surface area contributed by atoms with Gasteiger partial charge < -0.3 is 9.47 Å². The van der Waals surface area contributed by atoms with Crippen LogP contribution in [0.1, 0.15) is 28.4 Å². The molecule has 0 aliphatic heterocycles. The summed E-state index contributed by atoms with van der Waals surface area (Å²) in [7, 11) is 3.17. The van der Waals surface area contributed by atoms with E-state index in [4.69, 9.17) is 9.47 Å². The van der Waals surface area contributed by atoms with Gasteiger partial charge in [-0.2, -0.15) is 0 Å². The Morgan fingerprint density at radius 1 is 1.05 bits per heavy atom. The Kier molecular flexibility index (Phi) is 5.37. The summed E-state index contributed by atoms with van der Waals surface area (Å²) in [4.78, 5) is 12.2. The maximum absolute atomic E-state index is 12.2. The zero-order valence-corrected chi connectivity index (χ0v) is 13.1. The standard InChI is InChI=1S/C19H20O3/c1-4-14-8-10-15(11-9-14)17(20)13-12-16-6-5-7-18(21-2)19(16)22-3/h5-13H,4H2,1-3H3. The number of carbonyl (C=O) groups is 1. The number of benzene rings is 2. The zero-order chi connectivity index (χ0) is 15.9. The lowest BCUT2D eigenvalue weighted by molar-refractivity contribution is 0.104. The summed E-state index contributed by atoms with van der Waals surface area (Å²) in [6, 6.07) is 13.2. The van der Waals surface area contributed by atoms with Crippen LogP contribution in [-0.2, 0) is 6.42 Å². The van der Waals surface area contributed by atoms with Gasteiger partial charge in [-0.15, -0.1) is 0 Å². The van der Waals surface area contributed by atoms with Crippen LogP contribution in [0.2, 0.25) is 0 Å². The Morgan fingerprint density at radius 2 is 1.77 bits per heavy atom. The van der Waals surface area contributed by atoms with Crippen LogP contribution in [0, 0.1) is 0 Å². The molecule has 0 heterocycles. The number of ether oxygens (including phenoxy) is 2. The maximum Gasteiger partial charge on any atom is 0.185 e. The zero-order valence-electron chi connectivity index (χ0n) is 13.1. The lowest BCUT2D eigenvalue weighted by Gasteiger charge is -2.09. The summed E-state index contributed by atoms with van der Waals surface area (Å²) in [6.07, 6.45) is 4.26.